The number of likely N-dealkylation sites (tertiary alicyclic amines) is 1. The Morgan fingerprint density at radius 1 is 1.03 bits per heavy atom. The van der Waals surface area contributed by atoms with Crippen LogP contribution in [0.3, 0.4) is 0 Å². The number of hydrogen-bond donors (Lipinski definition) is 1. The molecule has 1 aliphatic heterocycles. The number of nitrogens with one attached hydrogen (secondary N) is 1. The molecule has 184 valence electrons. The molecule has 2 fully saturated rings. The number of rotatable bonds is 6. The molecule has 10 heteroatoms. The van der Waals surface area contributed by atoms with E-state index in [0.29, 0.717) is 24.1 Å². The number of fused-ring (bicyclic) bond motifs is 1. The maximum Gasteiger partial charge on any atom is 0.246 e. The highest BCUT2D eigenvalue weighted by Gasteiger charge is 2.24. The minimum absolute atomic E-state index is 0.0280. The predicted molar refractivity (Wildman–Crippen MR) is 136 cm³/mol. The van der Waals surface area contributed by atoms with Crippen LogP contribution < -0.4 is 5.32 Å². The molecule has 1 amide bonds. The minimum atomic E-state index is -0.0280. The Labute approximate surface area is 209 Å². The van der Waals surface area contributed by atoms with Gasteiger partial charge in [-0.1, -0.05) is 19.4 Å². The van der Waals surface area contributed by atoms with Crippen molar-refractivity contribution < 1.29 is 4.79 Å². The lowest BCUT2D eigenvalue weighted by atomic mass is 10.1. The first-order valence-electron chi connectivity index (χ1n) is 12.6. The normalized spacial score (nSPS) is 18.6. The van der Waals surface area contributed by atoms with Crippen molar-refractivity contribution >= 4 is 17.4 Å². The quantitative estimate of drug-likeness (QED) is 0.416. The van der Waals surface area contributed by atoms with E-state index in [-0.39, 0.29) is 11.9 Å². The molecule has 1 N–H and O–H groups in total. The van der Waals surface area contributed by atoms with Crippen molar-refractivity contribution in [3.8, 4) is 22.5 Å². The summed E-state index contributed by atoms with van der Waals surface area (Å²) < 4.78 is 3.73. The molecule has 1 aliphatic carbocycles. The van der Waals surface area contributed by atoms with Crippen molar-refractivity contribution in [2.45, 2.75) is 50.6 Å². The van der Waals surface area contributed by atoms with E-state index in [9.17, 15) is 4.79 Å². The van der Waals surface area contributed by atoms with E-state index in [0.717, 1.165) is 41.9 Å². The second kappa shape index (κ2) is 9.52. The van der Waals surface area contributed by atoms with Crippen LogP contribution in [-0.2, 0) is 4.79 Å². The maximum absolute atomic E-state index is 12.1. The number of hydrogen-bond acceptors (Lipinski definition) is 7. The number of piperidine rings is 1. The van der Waals surface area contributed by atoms with E-state index in [4.69, 9.17) is 5.10 Å². The van der Waals surface area contributed by atoms with Gasteiger partial charge in [-0.25, -0.2) is 0 Å². The fourth-order valence-electron chi connectivity index (χ4n) is 5.23. The Morgan fingerprint density at radius 2 is 1.89 bits per heavy atom. The summed E-state index contributed by atoms with van der Waals surface area (Å²) in [6.45, 7) is 5.01. The molecule has 6 rings (SSSR count). The Hall–Kier alpha value is -4.08. The highest BCUT2D eigenvalue weighted by Crippen LogP contribution is 2.28. The van der Waals surface area contributed by atoms with Crippen molar-refractivity contribution in [1.29, 1.82) is 0 Å². The SMILES string of the molecule is C=CC(=O)N1CCCC(n2cc(-c3cncc(-c4nnc5ccc(NC6CCCC6)nn45)c3)cn2)C1. The Kier molecular flexibility index (Phi) is 5.92. The summed E-state index contributed by atoms with van der Waals surface area (Å²) in [6.07, 6.45) is 15.7. The summed E-state index contributed by atoms with van der Waals surface area (Å²) in [5.41, 5.74) is 3.42. The largest absolute Gasteiger partial charge is 0.366 e. The van der Waals surface area contributed by atoms with Crippen molar-refractivity contribution in [2.24, 2.45) is 0 Å². The van der Waals surface area contributed by atoms with Crippen molar-refractivity contribution in [3.05, 3.63) is 55.6 Å². The van der Waals surface area contributed by atoms with E-state index < -0.39 is 0 Å². The van der Waals surface area contributed by atoms with Gasteiger partial charge in [-0.3, -0.25) is 14.5 Å². The first kappa shape index (κ1) is 22.4. The summed E-state index contributed by atoms with van der Waals surface area (Å²) in [5.74, 6) is 1.45. The molecule has 1 saturated carbocycles. The van der Waals surface area contributed by atoms with Gasteiger partial charge in [-0.15, -0.1) is 15.3 Å². The predicted octanol–water partition coefficient (Wildman–Crippen LogP) is 3.75. The van der Waals surface area contributed by atoms with Crippen LogP contribution >= 0.6 is 0 Å². The third-order valence-corrected chi connectivity index (χ3v) is 7.16. The average molecular weight is 484 g/mol. The monoisotopic (exact) mass is 483 g/mol. The van der Waals surface area contributed by atoms with Crippen LogP contribution in [0.1, 0.15) is 44.6 Å². The van der Waals surface area contributed by atoms with Gasteiger partial charge >= 0.3 is 0 Å². The third-order valence-electron chi connectivity index (χ3n) is 7.16. The molecule has 36 heavy (non-hydrogen) atoms. The minimum Gasteiger partial charge on any atom is -0.366 e. The smallest absolute Gasteiger partial charge is 0.246 e. The lowest BCUT2D eigenvalue weighted by Gasteiger charge is -2.32. The maximum atomic E-state index is 12.1. The first-order valence-corrected chi connectivity index (χ1v) is 12.6. The Bertz CT molecular complexity index is 1400. The van der Waals surface area contributed by atoms with E-state index in [1.165, 1.54) is 31.8 Å². The fraction of sp³-hybridized carbons (Fsp3) is 0.385. The van der Waals surface area contributed by atoms with E-state index >= 15 is 0 Å². The lowest BCUT2D eigenvalue weighted by Crippen LogP contribution is -2.39. The van der Waals surface area contributed by atoms with Gasteiger partial charge in [-0.2, -0.15) is 9.61 Å². The van der Waals surface area contributed by atoms with Crippen LogP contribution in [0.4, 0.5) is 5.82 Å². The molecule has 0 aromatic carbocycles. The number of nitrogens with zero attached hydrogens (tertiary/aromatic N) is 8. The third kappa shape index (κ3) is 4.34. The van der Waals surface area contributed by atoms with Gasteiger partial charge in [0.1, 0.15) is 5.82 Å². The fourth-order valence-corrected chi connectivity index (χ4v) is 5.23. The van der Waals surface area contributed by atoms with Gasteiger partial charge < -0.3 is 10.2 Å². The number of aromatic nitrogens is 7. The highest BCUT2D eigenvalue weighted by molar-refractivity contribution is 5.87. The molecule has 2 aliphatic rings. The van der Waals surface area contributed by atoms with Crippen molar-refractivity contribution in [2.75, 3.05) is 18.4 Å². The van der Waals surface area contributed by atoms with Crippen molar-refractivity contribution in [1.82, 2.24) is 39.5 Å². The van der Waals surface area contributed by atoms with Gasteiger partial charge in [0, 0.05) is 54.4 Å². The number of carbonyl (C=O) groups is 1. The summed E-state index contributed by atoms with van der Waals surface area (Å²) in [6, 6.07) is 6.56. The van der Waals surface area contributed by atoms with Gasteiger partial charge in [0.15, 0.2) is 11.5 Å². The molecule has 1 saturated heterocycles. The zero-order valence-electron chi connectivity index (χ0n) is 20.1. The molecule has 10 nitrogen and oxygen atoms in total. The number of anilines is 1. The van der Waals surface area contributed by atoms with Crippen LogP contribution in [0.25, 0.3) is 28.2 Å². The average Bonchev–Trinajstić information content (AvgIpc) is 3.69. The second-order valence-electron chi connectivity index (χ2n) is 9.59. The molecular formula is C26H29N9O. The van der Waals surface area contributed by atoms with Gasteiger partial charge in [0.2, 0.25) is 5.91 Å². The van der Waals surface area contributed by atoms with Crippen LogP contribution in [0, 0.1) is 0 Å². The molecule has 0 radical (unpaired) electrons. The summed E-state index contributed by atoms with van der Waals surface area (Å²) in [5, 5.41) is 21.6. The van der Waals surface area contributed by atoms with Crippen LogP contribution in [0.5, 0.6) is 0 Å². The van der Waals surface area contributed by atoms with E-state index in [1.807, 2.05) is 46.4 Å². The summed E-state index contributed by atoms with van der Waals surface area (Å²) >= 11 is 0. The molecule has 0 spiro atoms. The molecule has 4 aromatic heterocycles. The van der Waals surface area contributed by atoms with Crippen LogP contribution in [0.15, 0.2) is 55.6 Å². The van der Waals surface area contributed by atoms with Crippen molar-refractivity contribution in [3.63, 3.8) is 0 Å². The molecule has 1 atom stereocenters. The number of amides is 1. The first-order chi connectivity index (χ1) is 17.7. The topological polar surface area (TPSA) is 106 Å². The molecule has 0 bridgehead atoms. The Balaban J connectivity index is 1.25. The summed E-state index contributed by atoms with van der Waals surface area (Å²) in [7, 11) is 0. The zero-order valence-corrected chi connectivity index (χ0v) is 20.1. The standard InChI is InChI=1S/C26H29N9O/c1-2-25(36)33-11-5-8-22(17-33)34-16-20(15-28-34)18-12-19(14-27-13-18)26-31-30-24-10-9-23(32-35(24)26)29-21-6-3-4-7-21/h2,9-10,12-16,21-22H,1,3-8,11,17H2,(H,29,32). The van der Waals surface area contributed by atoms with Crippen LogP contribution in [0.2, 0.25) is 0 Å². The van der Waals surface area contributed by atoms with E-state index in [2.05, 4.69) is 32.2 Å². The molecule has 5 heterocycles. The van der Waals surface area contributed by atoms with Gasteiger partial charge in [0.25, 0.3) is 0 Å². The zero-order chi connectivity index (χ0) is 24.5. The van der Waals surface area contributed by atoms with Gasteiger partial charge in [-0.05, 0) is 50.0 Å². The lowest BCUT2D eigenvalue weighted by molar-refractivity contribution is -0.127. The molecule has 1 unspecified atom stereocenters. The van der Waals surface area contributed by atoms with E-state index in [1.54, 1.807) is 10.7 Å². The highest BCUT2D eigenvalue weighted by atomic mass is 16.2. The van der Waals surface area contributed by atoms with Crippen LogP contribution in [-0.4, -0.2) is 64.5 Å². The number of pyridine rings is 1. The molecule has 4 aromatic rings. The second-order valence-corrected chi connectivity index (χ2v) is 9.59. The summed E-state index contributed by atoms with van der Waals surface area (Å²) in [4.78, 5) is 18.4. The van der Waals surface area contributed by atoms with Gasteiger partial charge in [0.05, 0.1) is 12.2 Å². The Morgan fingerprint density at radius 3 is 2.75 bits per heavy atom. The molecular weight excluding hydrogens is 454 g/mol. The number of carbonyl (C=O) groups excluding carboxylic acids is 1.